The van der Waals surface area contributed by atoms with Crippen LogP contribution in [0.25, 0.3) is 16.8 Å². The third-order valence-electron chi connectivity index (χ3n) is 4.38. The number of carbonyl (C=O) groups is 1. The van der Waals surface area contributed by atoms with Gasteiger partial charge in [-0.1, -0.05) is 24.3 Å². The third kappa shape index (κ3) is 2.20. The molecule has 1 aliphatic rings. The number of halogens is 1. The van der Waals surface area contributed by atoms with Crippen molar-refractivity contribution in [3.8, 4) is 11.1 Å². The Morgan fingerprint density at radius 2 is 2.04 bits per heavy atom. The van der Waals surface area contributed by atoms with Crippen LogP contribution in [0.4, 0.5) is 10.2 Å². The molecule has 4 rings (SSSR count). The molecule has 5 heteroatoms. The van der Waals surface area contributed by atoms with E-state index in [-0.39, 0.29) is 18.0 Å². The first-order valence-electron chi connectivity index (χ1n) is 7.58. The third-order valence-corrected chi connectivity index (χ3v) is 4.38. The molecular formula is C18H16FN3O. The number of hydrogen-bond donors (Lipinski definition) is 1. The van der Waals surface area contributed by atoms with Crippen molar-refractivity contribution in [1.82, 2.24) is 9.38 Å². The second-order valence-electron chi connectivity index (χ2n) is 6.03. The van der Waals surface area contributed by atoms with Gasteiger partial charge in [-0.25, -0.2) is 9.37 Å². The molecule has 4 nitrogen and oxygen atoms in total. The number of benzene rings is 1. The van der Waals surface area contributed by atoms with Crippen molar-refractivity contribution < 1.29 is 9.18 Å². The number of alkyl halides is 1. The number of rotatable bonds is 3. The molecule has 1 fully saturated rings. The standard InChI is InChI=1S/C18H16FN3O/c1-10-4-2-3-5-12(10)11-6-7-15-21-18(20)16(22(15)9-11)17(23)13-8-14(13)19/h2-7,9,13-14H,8,20H2,1H3/t13-,14+/m1/s1. The number of carbonyl (C=O) groups excluding carboxylic acids is 1. The fourth-order valence-corrected chi connectivity index (χ4v) is 2.97. The summed E-state index contributed by atoms with van der Waals surface area (Å²) in [5.74, 6) is -0.667. The lowest BCUT2D eigenvalue weighted by atomic mass is 10.0. The highest BCUT2D eigenvalue weighted by Crippen LogP contribution is 2.38. The molecule has 0 bridgehead atoms. The van der Waals surface area contributed by atoms with Crippen molar-refractivity contribution in [1.29, 1.82) is 0 Å². The lowest BCUT2D eigenvalue weighted by molar-refractivity contribution is 0.0952. The molecular weight excluding hydrogens is 293 g/mol. The highest BCUT2D eigenvalue weighted by Gasteiger charge is 2.45. The molecule has 23 heavy (non-hydrogen) atoms. The number of nitrogen functional groups attached to an aromatic ring is 1. The monoisotopic (exact) mass is 309 g/mol. The predicted octanol–water partition coefficient (Wildman–Crippen LogP) is 3.43. The summed E-state index contributed by atoms with van der Waals surface area (Å²) in [6, 6.07) is 11.8. The summed E-state index contributed by atoms with van der Waals surface area (Å²) in [6.45, 7) is 2.03. The Kier molecular flexibility index (Phi) is 2.98. The zero-order valence-corrected chi connectivity index (χ0v) is 12.7. The van der Waals surface area contributed by atoms with E-state index >= 15 is 0 Å². The maximum atomic E-state index is 13.3. The van der Waals surface area contributed by atoms with Gasteiger partial charge in [0.25, 0.3) is 0 Å². The maximum absolute atomic E-state index is 13.3. The number of nitrogens with two attached hydrogens (primary N) is 1. The van der Waals surface area contributed by atoms with E-state index in [1.165, 1.54) is 0 Å². The van der Waals surface area contributed by atoms with Gasteiger partial charge in [0.05, 0.1) is 5.92 Å². The largest absolute Gasteiger partial charge is 0.382 e. The Bertz CT molecular complexity index is 931. The molecule has 1 aliphatic carbocycles. The Morgan fingerprint density at radius 1 is 1.30 bits per heavy atom. The topological polar surface area (TPSA) is 60.4 Å². The van der Waals surface area contributed by atoms with Crippen LogP contribution in [0.2, 0.25) is 0 Å². The number of aryl methyl sites for hydroxylation is 1. The summed E-state index contributed by atoms with van der Waals surface area (Å²) in [5.41, 5.74) is 9.98. The number of aromatic nitrogens is 2. The van der Waals surface area contributed by atoms with Crippen molar-refractivity contribution in [2.75, 3.05) is 5.73 Å². The fourth-order valence-electron chi connectivity index (χ4n) is 2.97. The molecule has 2 N–H and O–H groups in total. The minimum Gasteiger partial charge on any atom is -0.382 e. The smallest absolute Gasteiger partial charge is 0.189 e. The molecule has 0 amide bonds. The van der Waals surface area contributed by atoms with Crippen molar-refractivity contribution >= 4 is 17.2 Å². The molecule has 0 spiro atoms. The number of fused-ring (bicyclic) bond motifs is 1. The first-order valence-corrected chi connectivity index (χ1v) is 7.58. The van der Waals surface area contributed by atoms with Crippen LogP contribution in [-0.4, -0.2) is 21.3 Å². The summed E-state index contributed by atoms with van der Waals surface area (Å²) in [4.78, 5) is 16.7. The molecule has 0 radical (unpaired) electrons. The van der Waals surface area contributed by atoms with E-state index in [0.717, 1.165) is 16.7 Å². The maximum Gasteiger partial charge on any atom is 0.189 e. The molecule has 0 aliphatic heterocycles. The van der Waals surface area contributed by atoms with E-state index in [1.807, 2.05) is 49.5 Å². The summed E-state index contributed by atoms with van der Waals surface area (Å²) in [5, 5.41) is 0. The van der Waals surface area contributed by atoms with Crippen LogP contribution in [0, 0.1) is 12.8 Å². The SMILES string of the molecule is Cc1ccccc1-c1ccc2nc(N)c(C(=O)[C@@H]3C[C@@H]3F)n2c1. The molecule has 1 aromatic carbocycles. The van der Waals surface area contributed by atoms with Crippen LogP contribution in [0.15, 0.2) is 42.6 Å². The molecule has 0 saturated heterocycles. The first-order chi connectivity index (χ1) is 11.1. The average Bonchev–Trinajstić information content (AvgIpc) is 3.17. The quantitative estimate of drug-likeness (QED) is 0.754. The van der Waals surface area contributed by atoms with Gasteiger partial charge in [0.1, 0.15) is 17.5 Å². The molecule has 3 aromatic rings. The van der Waals surface area contributed by atoms with Gasteiger partial charge in [-0.05, 0) is 42.2 Å². The van der Waals surface area contributed by atoms with Crippen molar-refractivity contribution in [2.45, 2.75) is 19.5 Å². The number of hydrogen-bond acceptors (Lipinski definition) is 3. The lowest BCUT2D eigenvalue weighted by Crippen LogP contribution is -2.10. The van der Waals surface area contributed by atoms with Gasteiger partial charge in [0, 0.05) is 6.20 Å². The van der Waals surface area contributed by atoms with E-state index in [9.17, 15) is 9.18 Å². The van der Waals surface area contributed by atoms with Crippen LogP contribution in [0.5, 0.6) is 0 Å². The summed E-state index contributed by atoms with van der Waals surface area (Å²) < 4.78 is 14.9. The zero-order chi connectivity index (χ0) is 16.1. The second-order valence-corrected chi connectivity index (χ2v) is 6.03. The molecule has 2 heterocycles. The summed E-state index contributed by atoms with van der Waals surface area (Å²) in [6.07, 6.45) is 1.08. The van der Waals surface area contributed by atoms with Crippen molar-refractivity contribution in [2.24, 2.45) is 5.92 Å². The Balaban J connectivity index is 1.88. The number of nitrogens with zero attached hydrogens (tertiary/aromatic N) is 2. The van der Waals surface area contributed by atoms with Gasteiger partial charge in [0.15, 0.2) is 11.6 Å². The Morgan fingerprint density at radius 3 is 2.74 bits per heavy atom. The van der Waals surface area contributed by atoms with Gasteiger partial charge < -0.3 is 5.73 Å². The first kappa shape index (κ1) is 13.9. The minimum absolute atomic E-state index is 0.163. The van der Waals surface area contributed by atoms with E-state index in [4.69, 9.17) is 5.73 Å². The van der Waals surface area contributed by atoms with Crippen molar-refractivity contribution in [3.05, 3.63) is 53.9 Å². The second kappa shape index (κ2) is 4.91. The lowest BCUT2D eigenvalue weighted by Gasteiger charge is -2.07. The number of Topliss-reactive ketones (excluding diaryl/α,β-unsaturated/α-hetero) is 1. The fraction of sp³-hybridized carbons (Fsp3) is 0.222. The molecule has 2 aromatic heterocycles. The number of pyridine rings is 1. The van der Waals surface area contributed by atoms with Gasteiger partial charge in [0.2, 0.25) is 0 Å². The van der Waals surface area contributed by atoms with E-state index in [2.05, 4.69) is 4.98 Å². The number of anilines is 1. The highest BCUT2D eigenvalue weighted by molar-refractivity contribution is 6.03. The summed E-state index contributed by atoms with van der Waals surface area (Å²) >= 11 is 0. The average molecular weight is 309 g/mol. The van der Waals surface area contributed by atoms with Gasteiger partial charge in [-0.3, -0.25) is 9.20 Å². The number of ketones is 1. The van der Waals surface area contributed by atoms with E-state index in [0.29, 0.717) is 11.3 Å². The summed E-state index contributed by atoms with van der Waals surface area (Å²) in [7, 11) is 0. The Hall–Kier alpha value is -2.69. The minimum atomic E-state index is -1.05. The predicted molar refractivity (Wildman–Crippen MR) is 87.1 cm³/mol. The molecule has 1 saturated carbocycles. The molecule has 2 atom stereocenters. The Labute approximate surface area is 132 Å². The van der Waals surface area contributed by atoms with Gasteiger partial charge in [-0.2, -0.15) is 0 Å². The van der Waals surface area contributed by atoms with Crippen molar-refractivity contribution in [3.63, 3.8) is 0 Å². The van der Waals surface area contributed by atoms with Crippen LogP contribution < -0.4 is 5.73 Å². The van der Waals surface area contributed by atoms with Gasteiger partial charge in [-0.15, -0.1) is 0 Å². The highest BCUT2D eigenvalue weighted by atomic mass is 19.1. The van der Waals surface area contributed by atoms with Crippen LogP contribution >= 0.6 is 0 Å². The molecule has 116 valence electrons. The van der Waals surface area contributed by atoms with E-state index < -0.39 is 12.1 Å². The number of imidazole rings is 1. The van der Waals surface area contributed by atoms with Gasteiger partial charge >= 0.3 is 0 Å². The van der Waals surface area contributed by atoms with Crippen LogP contribution in [-0.2, 0) is 0 Å². The zero-order valence-electron chi connectivity index (χ0n) is 12.7. The van der Waals surface area contributed by atoms with E-state index in [1.54, 1.807) is 4.40 Å². The van der Waals surface area contributed by atoms with Crippen LogP contribution in [0.3, 0.4) is 0 Å². The molecule has 0 unspecified atom stereocenters. The normalized spacial score (nSPS) is 19.9. The van der Waals surface area contributed by atoms with Crippen LogP contribution in [0.1, 0.15) is 22.5 Å².